The lowest BCUT2D eigenvalue weighted by Gasteiger charge is -2.21. The van der Waals surface area contributed by atoms with E-state index in [1.807, 2.05) is 69.3 Å². The van der Waals surface area contributed by atoms with E-state index < -0.39 is 7.14 Å². The molecule has 0 aliphatic carbocycles. The zero-order valence-corrected chi connectivity index (χ0v) is 15.6. The van der Waals surface area contributed by atoms with Crippen molar-refractivity contribution in [2.24, 2.45) is 0 Å². The third-order valence-corrected chi connectivity index (χ3v) is 7.53. The summed E-state index contributed by atoms with van der Waals surface area (Å²) < 4.78 is 14.2. The van der Waals surface area contributed by atoms with Gasteiger partial charge in [-0.05, 0) is 37.5 Å². The van der Waals surface area contributed by atoms with Crippen molar-refractivity contribution in [3.63, 3.8) is 0 Å². The molecule has 3 aromatic carbocycles. The van der Waals surface area contributed by atoms with Crippen LogP contribution in [-0.2, 0) is 4.57 Å². The van der Waals surface area contributed by atoms with Gasteiger partial charge in [-0.1, -0.05) is 72.8 Å². The smallest absolute Gasteiger partial charge is 0.230 e. The number of rotatable bonds is 4. The van der Waals surface area contributed by atoms with Gasteiger partial charge < -0.3 is 4.57 Å². The van der Waals surface area contributed by atoms with Crippen molar-refractivity contribution in [1.29, 1.82) is 0 Å². The van der Waals surface area contributed by atoms with Crippen molar-refractivity contribution in [3.05, 3.63) is 95.1 Å². The number of aryl methyl sites for hydroxylation is 2. The SMILES string of the molecule is Cc1ccc(C)c(C(=O)P(=O)(c2ccccc2)c2ccccc2)c1C. The van der Waals surface area contributed by atoms with Crippen molar-refractivity contribution < 1.29 is 9.36 Å². The van der Waals surface area contributed by atoms with Crippen molar-refractivity contribution in [3.8, 4) is 0 Å². The molecule has 3 aromatic rings. The second kappa shape index (κ2) is 6.82. The number of carbonyl (C=O) groups excluding carboxylic acids is 1. The molecule has 2 nitrogen and oxygen atoms in total. The molecule has 0 aliphatic rings. The summed E-state index contributed by atoms with van der Waals surface area (Å²) in [6.07, 6.45) is 0. The van der Waals surface area contributed by atoms with Crippen LogP contribution in [0.3, 0.4) is 0 Å². The highest BCUT2D eigenvalue weighted by atomic mass is 31.2. The van der Waals surface area contributed by atoms with E-state index in [1.54, 1.807) is 24.3 Å². The highest BCUT2D eigenvalue weighted by Crippen LogP contribution is 2.48. The molecule has 0 N–H and O–H groups in total. The van der Waals surface area contributed by atoms with Crippen LogP contribution in [-0.4, -0.2) is 5.52 Å². The van der Waals surface area contributed by atoms with Crippen molar-refractivity contribution in [1.82, 2.24) is 0 Å². The topological polar surface area (TPSA) is 34.1 Å². The predicted octanol–water partition coefficient (Wildman–Crippen LogP) is 4.77. The van der Waals surface area contributed by atoms with Gasteiger partial charge in [0.15, 0.2) is 0 Å². The second-order valence-electron chi connectivity index (χ2n) is 6.28. The maximum absolute atomic E-state index is 14.2. The van der Waals surface area contributed by atoms with E-state index in [0.717, 1.165) is 16.7 Å². The summed E-state index contributed by atoms with van der Waals surface area (Å²) in [6.45, 7) is 5.80. The van der Waals surface area contributed by atoms with Crippen LogP contribution < -0.4 is 10.6 Å². The monoisotopic (exact) mass is 348 g/mol. The molecule has 0 amide bonds. The molecular weight excluding hydrogens is 327 g/mol. The highest BCUT2D eigenvalue weighted by Gasteiger charge is 2.37. The molecule has 0 saturated carbocycles. The molecule has 0 aliphatic heterocycles. The zero-order chi connectivity index (χ0) is 18.0. The molecule has 126 valence electrons. The Balaban J connectivity index is 2.30. The van der Waals surface area contributed by atoms with E-state index in [0.29, 0.717) is 16.2 Å². The Morgan fingerprint density at radius 2 is 1.12 bits per heavy atom. The van der Waals surface area contributed by atoms with Gasteiger partial charge in [-0.25, -0.2) is 0 Å². The summed E-state index contributed by atoms with van der Waals surface area (Å²) in [6, 6.07) is 22.1. The standard InChI is InChI=1S/C22H21O2P/c1-16-14-15-17(2)21(18(16)3)22(23)25(24,19-10-6-4-7-11-19)20-12-8-5-9-13-20/h4-15H,1-3H3. The van der Waals surface area contributed by atoms with Crippen LogP contribution in [0.5, 0.6) is 0 Å². The van der Waals surface area contributed by atoms with E-state index in [4.69, 9.17) is 0 Å². The molecule has 0 saturated heterocycles. The van der Waals surface area contributed by atoms with Crippen molar-refractivity contribution in [2.45, 2.75) is 20.8 Å². The van der Waals surface area contributed by atoms with E-state index in [2.05, 4.69) is 0 Å². The van der Waals surface area contributed by atoms with Crippen LogP contribution in [0.1, 0.15) is 27.0 Å². The lowest BCUT2D eigenvalue weighted by molar-refractivity contribution is 0.107. The van der Waals surface area contributed by atoms with Gasteiger partial charge in [-0.15, -0.1) is 0 Å². The van der Waals surface area contributed by atoms with Crippen LogP contribution >= 0.6 is 7.14 Å². The fourth-order valence-electron chi connectivity index (χ4n) is 3.10. The first kappa shape index (κ1) is 17.4. The van der Waals surface area contributed by atoms with Crippen molar-refractivity contribution >= 4 is 23.3 Å². The van der Waals surface area contributed by atoms with Crippen LogP contribution in [0.15, 0.2) is 72.8 Å². The minimum Gasteiger partial charge on any atom is -0.305 e. The van der Waals surface area contributed by atoms with Gasteiger partial charge in [0.1, 0.15) is 0 Å². The van der Waals surface area contributed by atoms with Gasteiger partial charge in [0.2, 0.25) is 12.7 Å². The summed E-state index contributed by atoms with van der Waals surface area (Å²) >= 11 is 0. The lowest BCUT2D eigenvalue weighted by Crippen LogP contribution is -2.23. The Bertz CT molecular complexity index is 917. The minimum absolute atomic E-state index is 0.288. The van der Waals surface area contributed by atoms with E-state index >= 15 is 0 Å². The second-order valence-corrected chi connectivity index (χ2v) is 8.94. The third kappa shape index (κ3) is 2.99. The van der Waals surface area contributed by atoms with Crippen LogP contribution in [0.25, 0.3) is 0 Å². The normalized spacial score (nSPS) is 11.3. The number of hydrogen-bond acceptors (Lipinski definition) is 2. The van der Waals surface area contributed by atoms with Gasteiger partial charge in [0.05, 0.1) is 0 Å². The lowest BCUT2D eigenvalue weighted by atomic mass is 9.99. The van der Waals surface area contributed by atoms with Crippen LogP contribution in [0, 0.1) is 20.8 Å². The van der Waals surface area contributed by atoms with Gasteiger partial charge in [-0.3, -0.25) is 4.79 Å². The Morgan fingerprint density at radius 3 is 1.60 bits per heavy atom. The first-order valence-electron chi connectivity index (χ1n) is 8.29. The summed E-state index contributed by atoms with van der Waals surface area (Å²) in [5.74, 6) is 0. The molecule has 3 heteroatoms. The fraction of sp³-hybridized carbons (Fsp3) is 0.136. The molecule has 0 radical (unpaired) electrons. The largest absolute Gasteiger partial charge is 0.305 e. The molecule has 0 fully saturated rings. The number of hydrogen-bond donors (Lipinski definition) is 0. The Morgan fingerprint density at radius 1 is 0.680 bits per heavy atom. The molecule has 0 atom stereocenters. The first-order valence-corrected chi connectivity index (χ1v) is 10.00. The predicted molar refractivity (Wildman–Crippen MR) is 105 cm³/mol. The maximum Gasteiger partial charge on any atom is 0.230 e. The highest BCUT2D eigenvalue weighted by molar-refractivity contribution is 7.93. The minimum atomic E-state index is -3.45. The Hall–Kier alpha value is -2.44. The number of carbonyl (C=O) groups is 1. The van der Waals surface area contributed by atoms with E-state index in [-0.39, 0.29) is 5.52 Å². The Kier molecular flexibility index (Phi) is 4.74. The average Bonchev–Trinajstić information content (AvgIpc) is 2.65. The molecule has 25 heavy (non-hydrogen) atoms. The zero-order valence-electron chi connectivity index (χ0n) is 14.7. The number of benzene rings is 3. The Labute approximate surface area is 148 Å². The fourth-order valence-corrected chi connectivity index (χ4v) is 5.71. The molecule has 0 bridgehead atoms. The summed E-state index contributed by atoms with van der Waals surface area (Å²) in [4.78, 5) is 13.6. The summed E-state index contributed by atoms with van der Waals surface area (Å²) in [7, 11) is -3.45. The maximum atomic E-state index is 14.2. The quantitative estimate of drug-likeness (QED) is 0.637. The van der Waals surface area contributed by atoms with Gasteiger partial charge >= 0.3 is 0 Å². The molecular formula is C22H21O2P. The molecule has 0 unspecified atom stereocenters. The molecule has 3 rings (SSSR count). The van der Waals surface area contributed by atoms with E-state index in [1.165, 1.54) is 0 Å². The van der Waals surface area contributed by atoms with Crippen molar-refractivity contribution in [2.75, 3.05) is 0 Å². The van der Waals surface area contributed by atoms with Gasteiger partial charge in [0, 0.05) is 16.2 Å². The van der Waals surface area contributed by atoms with Crippen LogP contribution in [0.4, 0.5) is 0 Å². The van der Waals surface area contributed by atoms with Gasteiger partial charge in [0.25, 0.3) is 0 Å². The summed E-state index contributed by atoms with van der Waals surface area (Å²) in [5.41, 5.74) is 3.08. The summed E-state index contributed by atoms with van der Waals surface area (Å²) in [5, 5.41) is 1.15. The third-order valence-electron chi connectivity index (χ3n) is 4.68. The molecule has 0 spiro atoms. The first-order chi connectivity index (χ1) is 12.0. The van der Waals surface area contributed by atoms with Crippen LogP contribution in [0.2, 0.25) is 0 Å². The molecule has 0 aromatic heterocycles. The molecule has 0 heterocycles. The van der Waals surface area contributed by atoms with E-state index in [9.17, 15) is 9.36 Å². The van der Waals surface area contributed by atoms with Gasteiger partial charge in [-0.2, -0.15) is 0 Å². The average molecular weight is 348 g/mol.